The van der Waals surface area contributed by atoms with Gasteiger partial charge in [0, 0.05) is 37.8 Å². The fraction of sp³-hybridized carbons (Fsp3) is 0.429. The molecule has 1 atom stereocenters. The number of hydrazine groups is 1. The van der Waals surface area contributed by atoms with Crippen molar-refractivity contribution in [1.82, 2.24) is 20.0 Å². The van der Waals surface area contributed by atoms with E-state index in [1.165, 1.54) is 5.56 Å². The quantitative estimate of drug-likeness (QED) is 0.612. The van der Waals surface area contributed by atoms with Crippen LogP contribution in [0.5, 0.6) is 0 Å². The maximum absolute atomic E-state index is 5.71. The highest BCUT2D eigenvalue weighted by Crippen LogP contribution is 2.19. The van der Waals surface area contributed by atoms with Gasteiger partial charge in [-0.3, -0.25) is 16.3 Å². The molecule has 19 heavy (non-hydrogen) atoms. The van der Waals surface area contributed by atoms with E-state index in [4.69, 9.17) is 5.84 Å². The summed E-state index contributed by atoms with van der Waals surface area (Å²) < 4.78 is 2.18. The van der Waals surface area contributed by atoms with E-state index in [1.807, 2.05) is 31.6 Å². The van der Waals surface area contributed by atoms with Crippen molar-refractivity contribution in [2.45, 2.75) is 39.3 Å². The van der Waals surface area contributed by atoms with Crippen molar-refractivity contribution < 1.29 is 0 Å². The number of nitrogens with zero attached hydrogens (tertiary/aromatic N) is 3. The second kappa shape index (κ2) is 6.45. The second-order valence-electron chi connectivity index (χ2n) is 4.69. The van der Waals surface area contributed by atoms with Gasteiger partial charge in [0.1, 0.15) is 5.82 Å². The monoisotopic (exact) mass is 259 g/mol. The minimum Gasteiger partial charge on any atom is -0.335 e. The molecule has 0 amide bonds. The van der Waals surface area contributed by atoms with Crippen LogP contribution >= 0.6 is 0 Å². The average Bonchev–Trinajstić information content (AvgIpc) is 2.85. The molecule has 2 aromatic heterocycles. The zero-order valence-corrected chi connectivity index (χ0v) is 11.5. The summed E-state index contributed by atoms with van der Waals surface area (Å²) in [5.74, 6) is 6.76. The molecule has 0 aliphatic carbocycles. The summed E-state index contributed by atoms with van der Waals surface area (Å²) in [5, 5.41) is 0. The molecule has 0 bridgehead atoms. The average molecular weight is 259 g/mol. The van der Waals surface area contributed by atoms with E-state index in [0.717, 1.165) is 30.8 Å². The lowest BCUT2D eigenvalue weighted by molar-refractivity contribution is 0.514. The van der Waals surface area contributed by atoms with Crippen LogP contribution in [-0.2, 0) is 13.0 Å². The van der Waals surface area contributed by atoms with Gasteiger partial charge in [-0.15, -0.1) is 0 Å². The SMILES string of the molecule is CCCn1ccnc1CC(NN)c1ccncc1C. The third-order valence-corrected chi connectivity index (χ3v) is 3.29. The summed E-state index contributed by atoms with van der Waals surface area (Å²) >= 11 is 0. The summed E-state index contributed by atoms with van der Waals surface area (Å²) in [4.78, 5) is 8.55. The third-order valence-electron chi connectivity index (χ3n) is 3.29. The number of aryl methyl sites for hydroxylation is 2. The van der Waals surface area contributed by atoms with Crippen LogP contribution in [0.1, 0.15) is 36.3 Å². The predicted molar refractivity (Wildman–Crippen MR) is 75.3 cm³/mol. The van der Waals surface area contributed by atoms with Crippen molar-refractivity contribution in [3.05, 3.63) is 47.8 Å². The molecular weight excluding hydrogens is 238 g/mol. The van der Waals surface area contributed by atoms with Crippen LogP contribution in [0, 0.1) is 6.92 Å². The largest absolute Gasteiger partial charge is 0.335 e. The van der Waals surface area contributed by atoms with Crippen LogP contribution in [0.15, 0.2) is 30.9 Å². The zero-order valence-electron chi connectivity index (χ0n) is 11.5. The molecule has 3 N–H and O–H groups in total. The standard InChI is InChI=1S/C14H21N5/c1-3-7-19-8-6-17-14(19)9-13(18-15)12-4-5-16-10-11(12)2/h4-6,8,10,13,18H,3,7,9,15H2,1-2H3. The van der Waals surface area contributed by atoms with E-state index in [0.29, 0.717) is 0 Å². The molecular formula is C14H21N5. The van der Waals surface area contributed by atoms with Gasteiger partial charge in [0.2, 0.25) is 0 Å². The summed E-state index contributed by atoms with van der Waals surface area (Å²) in [5.41, 5.74) is 5.19. The molecule has 1 unspecified atom stereocenters. The molecule has 0 fully saturated rings. The molecule has 2 heterocycles. The maximum Gasteiger partial charge on any atom is 0.110 e. The van der Waals surface area contributed by atoms with Crippen LogP contribution in [-0.4, -0.2) is 14.5 Å². The number of nitrogens with one attached hydrogen (secondary N) is 1. The highest BCUT2D eigenvalue weighted by molar-refractivity contribution is 5.26. The topological polar surface area (TPSA) is 68.8 Å². The lowest BCUT2D eigenvalue weighted by Crippen LogP contribution is -2.31. The van der Waals surface area contributed by atoms with Crippen LogP contribution in [0.25, 0.3) is 0 Å². The van der Waals surface area contributed by atoms with Crippen molar-refractivity contribution >= 4 is 0 Å². The van der Waals surface area contributed by atoms with E-state index >= 15 is 0 Å². The van der Waals surface area contributed by atoms with Gasteiger partial charge < -0.3 is 4.57 Å². The first-order chi connectivity index (χ1) is 9.26. The fourth-order valence-electron chi connectivity index (χ4n) is 2.29. The van der Waals surface area contributed by atoms with Crippen molar-refractivity contribution in [3.8, 4) is 0 Å². The Hall–Kier alpha value is -1.72. The van der Waals surface area contributed by atoms with Crippen molar-refractivity contribution in [1.29, 1.82) is 0 Å². The summed E-state index contributed by atoms with van der Waals surface area (Å²) in [6, 6.07) is 2.06. The molecule has 2 aromatic rings. The van der Waals surface area contributed by atoms with Crippen molar-refractivity contribution in [2.75, 3.05) is 0 Å². The number of hydrogen-bond acceptors (Lipinski definition) is 4. The normalized spacial score (nSPS) is 12.6. The smallest absolute Gasteiger partial charge is 0.110 e. The predicted octanol–water partition coefficient (Wildman–Crippen LogP) is 1.74. The Kier molecular flexibility index (Phi) is 4.65. The Balaban J connectivity index is 2.19. The van der Waals surface area contributed by atoms with Crippen LogP contribution in [0.4, 0.5) is 0 Å². The number of imidazole rings is 1. The molecule has 5 nitrogen and oxygen atoms in total. The number of rotatable bonds is 6. The van der Waals surface area contributed by atoms with E-state index in [1.54, 1.807) is 6.20 Å². The first-order valence-electron chi connectivity index (χ1n) is 6.63. The van der Waals surface area contributed by atoms with Crippen molar-refractivity contribution in [3.63, 3.8) is 0 Å². The summed E-state index contributed by atoms with van der Waals surface area (Å²) in [6.07, 6.45) is 9.39. The van der Waals surface area contributed by atoms with Gasteiger partial charge in [0.25, 0.3) is 0 Å². The van der Waals surface area contributed by atoms with E-state index < -0.39 is 0 Å². The Bertz CT molecular complexity index is 520. The van der Waals surface area contributed by atoms with Gasteiger partial charge in [-0.05, 0) is 30.5 Å². The molecule has 0 spiro atoms. The molecule has 102 valence electrons. The molecule has 0 aromatic carbocycles. The Morgan fingerprint density at radius 3 is 2.95 bits per heavy atom. The molecule has 0 radical (unpaired) electrons. The first-order valence-corrected chi connectivity index (χ1v) is 6.63. The number of aromatic nitrogens is 3. The van der Waals surface area contributed by atoms with Gasteiger partial charge in [-0.25, -0.2) is 4.98 Å². The Morgan fingerprint density at radius 1 is 1.42 bits per heavy atom. The molecule has 0 saturated heterocycles. The molecule has 0 saturated carbocycles. The van der Waals surface area contributed by atoms with Gasteiger partial charge in [0.15, 0.2) is 0 Å². The third kappa shape index (κ3) is 3.19. The van der Waals surface area contributed by atoms with Gasteiger partial charge in [0.05, 0.1) is 6.04 Å². The molecule has 0 aliphatic rings. The minimum atomic E-state index is 0.0565. The molecule has 5 heteroatoms. The van der Waals surface area contributed by atoms with Gasteiger partial charge in [-0.2, -0.15) is 0 Å². The van der Waals surface area contributed by atoms with Crippen molar-refractivity contribution in [2.24, 2.45) is 5.84 Å². The first kappa shape index (κ1) is 13.7. The molecule has 0 aliphatic heterocycles. The highest BCUT2D eigenvalue weighted by atomic mass is 15.2. The maximum atomic E-state index is 5.71. The summed E-state index contributed by atoms with van der Waals surface area (Å²) in [6.45, 7) is 5.20. The fourth-order valence-corrected chi connectivity index (χ4v) is 2.29. The zero-order chi connectivity index (χ0) is 13.7. The molecule has 2 rings (SSSR count). The van der Waals surface area contributed by atoms with Crippen LogP contribution < -0.4 is 11.3 Å². The lowest BCUT2D eigenvalue weighted by atomic mass is 10.0. The van der Waals surface area contributed by atoms with Gasteiger partial charge >= 0.3 is 0 Å². The number of hydrogen-bond donors (Lipinski definition) is 2. The Morgan fingerprint density at radius 2 is 2.26 bits per heavy atom. The van der Waals surface area contributed by atoms with Gasteiger partial charge in [-0.1, -0.05) is 6.92 Å². The number of nitrogens with two attached hydrogens (primary N) is 1. The van der Waals surface area contributed by atoms with Crippen LogP contribution in [0.3, 0.4) is 0 Å². The second-order valence-corrected chi connectivity index (χ2v) is 4.69. The highest BCUT2D eigenvalue weighted by Gasteiger charge is 2.15. The van der Waals surface area contributed by atoms with E-state index in [9.17, 15) is 0 Å². The summed E-state index contributed by atoms with van der Waals surface area (Å²) in [7, 11) is 0. The van der Waals surface area contributed by atoms with E-state index in [2.05, 4.69) is 26.9 Å². The minimum absolute atomic E-state index is 0.0565. The Labute approximate surface area is 113 Å². The van der Waals surface area contributed by atoms with Crippen LogP contribution in [0.2, 0.25) is 0 Å². The van der Waals surface area contributed by atoms with E-state index in [-0.39, 0.29) is 6.04 Å². The lowest BCUT2D eigenvalue weighted by Gasteiger charge is -2.18. The number of pyridine rings is 1.